The zero-order valence-electron chi connectivity index (χ0n) is 16.5. The fourth-order valence-electron chi connectivity index (χ4n) is 2.91. The maximum absolute atomic E-state index is 12.8. The van der Waals surface area contributed by atoms with Crippen molar-refractivity contribution in [1.82, 2.24) is 4.98 Å². The van der Waals surface area contributed by atoms with E-state index in [1.165, 1.54) is 47.7 Å². The van der Waals surface area contributed by atoms with Crippen LogP contribution < -0.4 is 5.32 Å². The van der Waals surface area contributed by atoms with E-state index in [1.54, 1.807) is 18.3 Å². The van der Waals surface area contributed by atoms with Gasteiger partial charge in [0.2, 0.25) is 9.84 Å². The molecule has 0 aliphatic rings. The number of hydrogen-bond donors (Lipinski definition) is 1. The fourth-order valence-corrected chi connectivity index (χ4v) is 5.84. The molecule has 4 rings (SSSR count). The molecular weight excluding hydrogens is 470 g/mol. The van der Waals surface area contributed by atoms with Crippen LogP contribution in [0.1, 0.15) is 15.4 Å². The molecule has 0 radical (unpaired) electrons. The molecule has 0 unspecified atom stereocenters. The van der Waals surface area contributed by atoms with Gasteiger partial charge in [0, 0.05) is 28.8 Å². The van der Waals surface area contributed by atoms with Crippen LogP contribution >= 0.6 is 22.7 Å². The molecule has 11 heteroatoms. The first kappa shape index (κ1) is 21.8. The van der Waals surface area contributed by atoms with E-state index in [0.717, 1.165) is 22.7 Å². The average Bonchev–Trinajstić information content (AvgIpc) is 3.44. The maximum Gasteiger partial charge on any atom is 0.269 e. The predicted octanol–water partition coefficient (Wildman–Crippen LogP) is 5.17. The minimum atomic E-state index is -3.85. The Morgan fingerprint density at radius 3 is 2.22 bits per heavy atom. The van der Waals surface area contributed by atoms with Crippen molar-refractivity contribution >= 4 is 49.8 Å². The molecular formula is C21H15N3O5S3. The summed E-state index contributed by atoms with van der Waals surface area (Å²) in [5, 5.41) is 18.2. The number of anilines is 1. The van der Waals surface area contributed by atoms with Crippen LogP contribution in [0, 0.1) is 17.0 Å². The molecule has 4 aromatic rings. The quantitative estimate of drug-likeness (QED) is 0.297. The third-order valence-corrected chi connectivity index (χ3v) is 8.23. The number of amides is 1. The van der Waals surface area contributed by atoms with E-state index >= 15 is 0 Å². The number of sulfone groups is 1. The molecule has 2 aromatic heterocycles. The summed E-state index contributed by atoms with van der Waals surface area (Å²) in [6.07, 6.45) is 0. The Morgan fingerprint density at radius 2 is 1.66 bits per heavy atom. The number of thiophene rings is 1. The van der Waals surface area contributed by atoms with Crippen molar-refractivity contribution in [2.45, 2.75) is 16.7 Å². The molecule has 0 aliphatic heterocycles. The number of nitro groups is 1. The summed E-state index contributed by atoms with van der Waals surface area (Å²) in [5.41, 5.74) is 1.82. The van der Waals surface area contributed by atoms with Crippen LogP contribution in [0.15, 0.2) is 75.1 Å². The topological polar surface area (TPSA) is 119 Å². The first-order chi connectivity index (χ1) is 15.3. The summed E-state index contributed by atoms with van der Waals surface area (Å²) in [6, 6.07) is 12.4. The SMILES string of the molecule is Cc1nc(-c2ccsc2)sc1C(=O)Nc1ccc(S(=O)(=O)c2ccc([N+](=O)[O-])cc2)cc1. The van der Waals surface area contributed by atoms with Crippen molar-refractivity contribution in [3.8, 4) is 10.6 Å². The summed E-state index contributed by atoms with van der Waals surface area (Å²) >= 11 is 2.84. The minimum absolute atomic E-state index is 0.0121. The molecule has 2 heterocycles. The molecule has 162 valence electrons. The highest BCUT2D eigenvalue weighted by Crippen LogP contribution is 2.30. The van der Waals surface area contributed by atoms with Crippen molar-refractivity contribution in [1.29, 1.82) is 0 Å². The van der Waals surface area contributed by atoms with Crippen LogP contribution in [0.4, 0.5) is 11.4 Å². The molecule has 0 aliphatic carbocycles. The number of rotatable bonds is 6. The predicted molar refractivity (Wildman–Crippen MR) is 123 cm³/mol. The van der Waals surface area contributed by atoms with Gasteiger partial charge in [-0.25, -0.2) is 13.4 Å². The molecule has 1 N–H and O–H groups in total. The van der Waals surface area contributed by atoms with E-state index in [1.807, 2.05) is 16.8 Å². The van der Waals surface area contributed by atoms with Gasteiger partial charge in [-0.15, -0.1) is 11.3 Å². The second-order valence-electron chi connectivity index (χ2n) is 6.68. The number of aromatic nitrogens is 1. The second-order valence-corrected chi connectivity index (χ2v) is 10.4. The van der Waals surface area contributed by atoms with Gasteiger partial charge in [-0.05, 0) is 54.8 Å². The van der Waals surface area contributed by atoms with Crippen molar-refractivity contribution < 1.29 is 18.1 Å². The number of hydrogen-bond acceptors (Lipinski definition) is 8. The maximum atomic E-state index is 12.8. The summed E-state index contributed by atoms with van der Waals surface area (Å²) in [4.78, 5) is 27.8. The lowest BCUT2D eigenvalue weighted by atomic mass is 10.3. The minimum Gasteiger partial charge on any atom is -0.321 e. The average molecular weight is 486 g/mol. The van der Waals surface area contributed by atoms with Crippen molar-refractivity contribution in [2.75, 3.05) is 5.32 Å². The van der Waals surface area contributed by atoms with E-state index in [2.05, 4.69) is 10.3 Å². The number of thiazole rings is 1. The van der Waals surface area contributed by atoms with E-state index in [9.17, 15) is 23.3 Å². The molecule has 32 heavy (non-hydrogen) atoms. The summed E-state index contributed by atoms with van der Waals surface area (Å²) < 4.78 is 25.5. The van der Waals surface area contributed by atoms with Crippen LogP contribution in [0.25, 0.3) is 10.6 Å². The molecule has 1 amide bonds. The number of aryl methyl sites for hydroxylation is 1. The van der Waals surface area contributed by atoms with E-state index < -0.39 is 14.8 Å². The van der Waals surface area contributed by atoms with Crippen LogP contribution in [-0.2, 0) is 9.84 Å². The van der Waals surface area contributed by atoms with Gasteiger partial charge in [0.05, 0.1) is 20.4 Å². The van der Waals surface area contributed by atoms with Crippen LogP contribution in [0.5, 0.6) is 0 Å². The monoisotopic (exact) mass is 485 g/mol. The molecule has 0 fully saturated rings. The molecule has 0 bridgehead atoms. The van der Waals surface area contributed by atoms with Gasteiger partial charge in [0.1, 0.15) is 9.88 Å². The van der Waals surface area contributed by atoms with Gasteiger partial charge >= 0.3 is 0 Å². The molecule has 0 saturated carbocycles. The van der Waals surface area contributed by atoms with Gasteiger partial charge in [-0.3, -0.25) is 14.9 Å². The Morgan fingerprint density at radius 1 is 1.03 bits per heavy atom. The lowest BCUT2D eigenvalue weighted by Crippen LogP contribution is -2.11. The Balaban J connectivity index is 1.51. The van der Waals surface area contributed by atoms with Gasteiger partial charge in [0.15, 0.2) is 0 Å². The fraction of sp³-hybridized carbons (Fsp3) is 0.0476. The summed E-state index contributed by atoms with van der Waals surface area (Å²) in [5.74, 6) is -0.326. The normalized spacial score (nSPS) is 11.3. The van der Waals surface area contributed by atoms with Crippen LogP contribution in [0.2, 0.25) is 0 Å². The lowest BCUT2D eigenvalue weighted by molar-refractivity contribution is -0.384. The third-order valence-electron chi connectivity index (χ3n) is 4.55. The Bertz CT molecular complexity index is 1390. The van der Waals surface area contributed by atoms with Crippen molar-refractivity contribution in [3.63, 3.8) is 0 Å². The highest BCUT2D eigenvalue weighted by Gasteiger charge is 2.20. The first-order valence-electron chi connectivity index (χ1n) is 9.16. The standard InChI is InChI=1S/C21H15N3O5S3/c1-13-19(31-21(22-13)14-10-11-30-12-14)20(25)23-15-2-6-17(7-3-15)32(28,29)18-8-4-16(5-9-18)24(26)27/h2-12H,1H3,(H,23,25). The van der Waals surface area contributed by atoms with Gasteiger partial charge < -0.3 is 5.32 Å². The molecule has 0 atom stereocenters. The largest absolute Gasteiger partial charge is 0.321 e. The molecule has 0 saturated heterocycles. The highest BCUT2D eigenvalue weighted by atomic mass is 32.2. The van der Waals surface area contributed by atoms with E-state index in [0.29, 0.717) is 16.3 Å². The molecule has 2 aromatic carbocycles. The number of non-ortho nitro benzene ring substituents is 1. The van der Waals surface area contributed by atoms with Gasteiger partial charge in [-0.1, -0.05) is 0 Å². The molecule has 8 nitrogen and oxygen atoms in total. The number of benzene rings is 2. The second kappa shape index (κ2) is 8.61. The Hall–Kier alpha value is -3.41. The van der Waals surface area contributed by atoms with Gasteiger partial charge in [-0.2, -0.15) is 11.3 Å². The van der Waals surface area contributed by atoms with Crippen molar-refractivity contribution in [2.24, 2.45) is 0 Å². The Kier molecular flexibility index (Phi) is 5.87. The van der Waals surface area contributed by atoms with E-state index in [-0.39, 0.29) is 21.4 Å². The summed E-state index contributed by atoms with van der Waals surface area (Å²) in [6.45, 7) is 1.77. The highest BCUT2D eigenvalue weighted by molar-refractivity contribution is 7.91. The third kappa shape index (κ3) is 4.31. The van der Waals surface area contributed by atoms with Gasteiger partial charge in [0.25, 0.3) is 11.6 Å². The summed E-state index contributed by atoms with van der Waals surface area (Å²) in [7, 11) is -3.85. The molecule has 0 spiro atoms. The smallest absolute Gasteiger partial charge is 0.269 e. The number of nitrogens with one attached hydrogen (secondary N) is 1. The lowest BCUT2D eigenvalue weighted by Gasteiger charge is -2.07. The van der Waals surface area contributed by atoms with Crippen molar-refractivity contribution in [3.05, 3.63) is 86.0 Å². The number of carbonyl (C=O) groups is 1. The van der Waals surface area contributed by atoms with E-state index in [4.69, 9.17) is 0 Å². The zero-order chi connectivity index (χ0) is 22.9. The number of nitrogens with zero attached hydrogens (tertiary/aromatic N) is 2. The Labute approximate surface area is 191 Å². The van der Waals surface area contributed by atoms with Crippen LogP contribution in [0.3, 0.4) is 0 Å². The number of carbonyl (C=O) groups excluding carboxylic acids is 1. The zero-order valence-corrected chi connectivity index (χ0v) is 19.0. The number of nitro benzene ring substituents is 1. The van der Waals surface area contributed by atoms with Crippen LogP contribution in [-0.4, -0.2) is 24.2 Å². The first-order valence-corrected chi connectivity index (χ1v) is 12.4.